The first-order valence-corrected chi connectivity index (χ1v) is 10.7. The van der Waals surface area contributed by atoms with Crippen LogP contribution in [0, 0.1) is 13.8 Å². The van der Waals surface area contributed by atoms with Crippen LogP contribution in [0.15, 0.2) is 29.3 Å². The highest BCUT2D eigenvalue weighted by Crippen LogP contribution is 2.15. The van der Waals surface area contributed by atoms with Crippen LogP contribution in [0.2, 0.25) is 0 Å². The number of nitrogens with one attached hydrogen (secondary N) is 2. The van der Waals surface area contributed by atoms with Crippen LogP contribution in [-0.2, 0) is 24.8 Å². The highest BCUT2D eigenvalue weighted by Gasteiger charge is 2.14. The van der Waals surface area contributed by atoms with Gasteiger partial charge in [-0.1, -0.05) is 12.1 Å². The number of amides is 1. The molecular formula is C23H37IN6O2. The zero-order chi connectivity index (χ0) is 23.0. The van der Waals surface area contributed by atoms with E-state index in [1.54, 1.807) is 14.1 Å². The number of aliphatic imine (C=N–C) groups is 1. The van der Waals surface area contributed by atoms with Crippen LogP contribution in [0.3, 0.4) is 0 Å². The number of nitrogens with zero attached hydrogens (tertiary/aromatic N) is 4. The summed E-state index contributed by atoms with van der Waals surface area (Å²) in [5, 5.41) is 11.3. The predicted octanol–water partition coefficient (Wildman–Crippen LogP) is 2.81. The quantitative estimate of drug-likeness (QED) is 0.282. The number of hydrogen-bond donors (Lipinski definition) is 2. The lowest BCUT2D eigenvalue weighted by molar-refractivity contribution is -0.130. The van der Waals surface area contributed by atoms with Crippen LogP contribution in [-0.4, -0.2) is 59.8 Å². The van der Waals surface area contributed by atoms with Crippen molar-refractivity contribution >= 4 is 35.8 Å². The van der Waals surface area contributed by atoms with Crippen LogP contribution in [0.25, 0.3) is 0 Å². The largest absolute Gasteiger partial charge is 0.484 e. The second-order valence-corrected chi connectivity index (χ2v) is 7.94. The summed E-state index contributed by atoms with van der Waals surface area (Å²) in [4.78, 5) is 18.0. The summed E-state index contributed by atoms with van der Waals surface area (Å²) in [6.07, 6.45) is 0.874. The molecular weight excluding hydrogens is 519 g/mol. The fraction of sp³-hybridized carbons (Fsp3) is 0.522. The molecule has 2 aromatic rings. The predicted molar refractivity (Wildman–Crippen MR) is 140 cm³/mol. The molecule has 2 rings (SSSR count). The minimum Gasteiger partial charge on any atom is -0.484 e. The van der Waals surface area contributed by atoms with Gasteiger partial charge in [0.05, 0.1) is 12.2 Å². The van der Waals surface area contributed by atoms with Crippen LogP contribution in [0.4, 0.5) is 0 Å². The van der Waals surface area contributed by atoms with Crippen LogP contribution >= 0.6 is 24.0 Å². The number of halogens is 1. The molecule has 8 nitrogen and oxygen atoms in total. The van der Waals surface area contributed by atoms with Crippen molar-refractivity contribution in [1.29, 1.82) is 0 Å². The van der Waals surface area contributed by atoms with E-state index in [2.05, 4.69) is 36.5 Å². The van der Waals surface area contributed by atoms with Crippen LogP contribution in [0.1, 0.15) is 36.4 Å². The minimum atomic E-state index is -0.0740. The molecule has 1 unspecified atom stereocenters. The highest BCUT2D eigenvalue weighted by atomic mass is 127. The van der Waals surface area contributed by atoms with Gasteiger partial charge < -0.3 is 20.3 Å². The van der Waals surface area contributed by atoms with Gasteiger partial charge in [0.1, 0.15) is 5.75 Å². The third kappa shape index (κ3) is 8.33. The van der Waals surface area contributed by atoms with Crippen molar-refractivity contribution in [2.24, 2.45) is 12.0 Å². The number of carbonyl (C=O) groups is 1. The summed E-state index contributed by atoms with van der Waals surface area (Å²) in [7, 11) is 5.40. The number of rotatable bonds is 9. The normalized spacial score (nSPS) is 12.0. The lowest BCUT2D eigenvalue weighted by Crippen LogP contribution is -2.43. The van der Waals surface area contributed by atoms with Gasteiger partial charge in [0, 0.05) is 39.4 Å². The van der Waals surface area contributed by atoms with Crippen molar-refractivity contribution in [3.05, 3.63) is 46.8 Å². The van der Waals surface area contributed by atoms with E-state index >= 15 is 0 Å². The van der Waals surface area contributed by atoms with E-state index in [-0.39, 0.29) is 42.5 Å². The molecule has 2 N–H and O–H groups in total. The van der Waals surface area contributed by atoms with Gasteiger partial charge in [-0.15, -0.1) is 24.0 Å². The lowest BCUT2D eigenvalue weighted by atomic mass is 10.1. The zero-order valence-electron chi connectivity index (χ0n) is 20.2. The molecule has 1 aromatic heterocycles. The van der Waals surface area contributed by atoms with Crippen molar-refractivity contribution < 1.29 is 9.53 Å². The summed E-state index contributed by atoms with van der Waals surface area (Å²) >= 11 is 0. The Morgan fingerprint density at radius 2 is 2.03 bits per heavy atom. The molecule has 9 heteroatoms. The molecule has 178 valence electrons. The van der Waals surface area contributed by atoms with Gasteiger partial charge in [0.2, 0.25) is 0 Å². The lowest BCUT2D eigenvalue weighted by Gasteiger charge is -2.18. The summed E-state index contributed by atoms with van der Waals surface area (Å²) in [6.45, 7) is 9.65. The van der Waals surface area contributed by atoms with E-state index in [1.807, 2.05) is 42.9 Å². The number of hydrogen-bond acceptors (Lipinski definition) is 4. The molecule has 0 radical (unpaired) electrons. The molecule has 0 bridgehead atoms. The van der Waals surface area contributed by atoms with E-state index in [0.717, 1.165) is 30.2 Å². The molecule has 0 saturated heterocycles. The summed E-state index contributed by atoms with van der Waals surface area (Å²) in [5.74, 6) is 1.36. The molecule has 32 heavy (non-hydrogen) atoms. The molecule has 0 aliphatic carbocycles. The molecule has 1 amide bonds. The Morgan fingerprint density at radius 3 is 2.62 bits per heavy atom. The molecule has 0 aliphatic heterocycles. The second kappa shape index (κ2) is 13.3. The van der Waals surface area contributed by atoms with Crippen molar-refractivity contribution in [2.45, 2.75) is 46.7 Å². The third-order valence-electron chi connectivity index (χ3n) is 5.08. The van der Waals surface area contributed by atoms with Crippen molar-refractivity contribution in [1.82, 2.24) is 25.3 Å². The Labute approximate surface area is 208 Å². The minimum absolute atomic E-state index is 0. The van der Waals surface area contributed by atoms with Crippen molar-refractivity contribution in [2.75, 3.05) is 27.2 Å². The maximum Gasteiger partial charge on any atom is 0.259 e. The molecule has 0 aliphatic rings. The number of benzene rings is 1. The number of likely N-dealkylation sites (N-methyl/N-ethyl adjacent to an activating group) is 1. The molecule has 0 saturated carbocycles. The standard InChI is InChI=1S/C23H36N6O2.HI/c1-8-24-23(26-16(2)12-21-17(3)27-29(7)18(21)4)25-14-19-10-9-11-20(13-19)31-15-22(30)28(5)6;/h9-11,13,16H,8,12,14-15H2,1-7H3,(H2,24,25,26);1H. The van der Waals surface area contributed by atoms with Crippen LogP contribution in [0.5, 0.6) is 5.75 Å². The molecule has 0 fully saturated rings. The molecule has 1 heterocycles. The Bertz CT molecular complexity index is 910. The fourth-order valence-corrected chi connectivity index (χ4v) is 3.20. The maximum absolute atomic E-state index is 11.7. The van der Waals surface area contributed by atoms with Gasteiger partial charge in [-0.05, 0) is 57.4 Å². The number of carbonyl (C=O) groups excluding carboxylic acids is 1. The average Bonchev–Trinajstić information content (AvgIpc) is 2.96. The van der Waals surface area contributed by atoms with E-state index in [4.69, 9.17) is 9.73 Å². The van der Waals surface area contributed by atoms with Gasteiger partial charge in [0.15, 0.2) is 12.6 Å². The Morgan fingerprint density at radius 1 is 1.31 bits per heavy atom. The van der Waals surface area contributed by atoms with Crippen molar-refractivity contribution in [3.63, 3.8) is 0 Å². The monoisotopic (exact) mass is 556 g/mol. The summed E-state index contributed by atoms with van der Waals surface area (Å²) < 4.78 is 7.53. The molecule has 0 spiro atoms. The smallest absolute Gasteiger partial charge is 0.259 e. The maximum atomic E-state index is 11.7. The number of aryl methyl sites for hydroxylation is 2. The molecule has 1 atom stereocenters. The van der Waals surface area contributed by atoms with E-state index in [0.29, 0.717) is 12.3 Å². The SMILES string of the molecule is CCNC(=NCc1cccc(OCC(=O)N(C)C)c1)NC(C)Cc1c(C)nn(C)c1C.I. The van der Waals surface area contributed by atoms with Gasteiger partial charge >= 0.3 is 0 Å². The Hall–Kier alpha value is -2.30. The molecule has 1 aromatic carbocycles. The van der Waals surface area contributed by atoms with Crippen molar-refractivity contribution in [3.8, 4) is 5.75 Å². The van der Waals surface area contributed by atoms with Gasteiger partial charge in [-0.3, -0.25) is 9.48 Å². The fourth-order valence-electron chi connectivity index (χ4n) is 3.20. The first-order valence-electron chi connectivity index (χ1n) is 10.7. The van der Waals surface area contributed by atoms with Gasteiger partial charge in [0.25, 0.3) is 5.91 Å². The second-order valence-electron chi connectivity index (χ2n) is 7.94. The number of aromatic nitrogens is 2. The summed E-state index contributed by atoms with van der Waals surface area (Å²) in [6, 6.07) is 7.88. The van der Waals surface area contributed by atoms with E-state index < -0.39 is 0 Å². The van der Waals surface area contributed by atoms with Gasteiger partial charge in [-0.2, -0.15) is 5.10 Å². The average molecular weight is 556 g/mol. The van der Waals surface area contributed by atoms with Gasteiger partial charge in [-0.25, -0.2) is 4.99 Å². The summed E-state index contributed by atoms with van der Waals surface area (Å²) in [5.41, 5.74) is 4.55. The number of guanidine groups is 1. The van der Waals surface area contributed by atoms with E-state index in [9.17, 15) is 4.79 Å². The van der Waals surface area contributed by atoms with Crippen LogP contribution < -0.4 is 15.4 Å². The first kappa shape index (κ1) is 27.7. The third-order valence-corrected chi connectivity index (χ3v) is 5.08. The topological polar surface area (TPSA) is 83.8 Å². The Kier molecular flexibility index (Phi) is 11.5. The zero-order valence-corrected chi connectivity index (χ0v) is 22.6. The Balaban J connectivity index is 0.00000512. The highest BCUT2D eigenvalue weighted by molar-refractivity contribution is 14.0. The first-order chi connectivity index (χ1) is 14.7. The van der Waals surface area contributed by atoms with E-state index in [1.165, 1.54) is 16.2 Å². The number of ether oxygens (including phenoxy) is 1.